The Morgan fingerprint density at radius 2 is 1.59 bits per heavy atom. The zero-order valence-electron chi connectivity index (χ0n) is 17.8. The van der Waals surface area contributed by atoms with Gasteiger partial charge in [0.1, 0.15) is 17.4 Å². The van der Waals surface area contributed by atoms with Crippen molar-refractivity contribution in [1.29, 1.82) is 0 Å². The van der Waals surface area contributed by atoms with Gasteiger partial charge in [0.15, 0.2) is 5.82 Å². The first-order chi connectivity index (χ1) is 15.6. The smallest absolute Gasteiger partial charge is 0.244 e. The van der Waals surface area contributed by atoms with Crippen LogP contribution in [0.3, 0.4) is 0 Å². The molecule has 0 aliphatic carbocycles. The summed E-state index contributed by atoms with van der Waals surface area (Å²) in [5.41, 5.74) is 0.887. The van der Waals surface area contributed by atoms with Crippen molar-refractivity contribution < 1.29 is 14.0 Å². The summed E-state index contributed by atoms with van der Waals surface area (Å²) < 4.78 is 5.15. The number of rotatable bonds is 11. The fraction of sp³-hybridized carbons (Fsp3) is 0.217. The molecule has 0 spiro atoms. The van der Waals surface area contributed by atoms with Crippen molar-refractivity contribution in [3.63, 3.8) is 0 Å². The van der Waals surface area contributed by atoms with E-state index in [0.717, 1.165) is 5.56 Å². The number of nitrogens with zero attached hydrogens (tertiary/aromatic N) is 2. The quantitative estimate of drug-likeness (QED) is 0.270. The van der Waals surface area contributed by atoms with E-state index in [1.54, 1.807) is 30.5 Å². The number of nitrogens with one attached hydrogen (secondary N) is 4. The molecule has 32 heavy (non-hydrogen) atoms. The molecular formula is C23H26N6O3. The third kappa shape index (κ3) is 7.60. The maximum absolute atomic E-state index is 11.9. The maximum Gasteiger partial charge on any atom is 0.244 e. The molecule has 166 valence electrons. The lowest BCUT2D eigenvalue weighted by Crippen LogP contribution is -2.27. The molecule has 0 radical (unpaired) electrons. The van der Waals surface area contributed by atoms with E-state index in [0.29, 0.717) is 49.4 Å². The van der Waals surface area contributed by atoms with Crippen LogP contribution in [0.5, 0.6) is 0 Å². The number of amides is 2. The van der Waals surface area contributed by atoms with Gasteiger partial charge in [0.05, 0.1) is 6.26 Å². The Morgan fingerprint density at radius 3 is 2.22 bits per heavy atom. The van der Waals surface area contributed by atoms with Gasteiger partial charge < -0.3 is 25.7 Å². The van der Waals surface area contributed by atoms with Crippen molar-refractivity contribution in [3.8, 4) is 11.4 Å². The molecule has 1 aromatic carbocycles. The molecule has 0 unspecified atom stereocenters. The van der Waals surface area contributed by atoms with Crippen LogP contribution < -0.4 is 21.3 Å². The maximum atomic E-state index is 11.9. The molecule has 0 fully saturated rings. The molecule has 0 aliphatic heterocycles. The van der Waals surface area contributed by atoms with Crippen LogP contribution in [-0.4, -0.2) is 48.0 Å². The molecule has 9 heteroatoms. The number of anilines is 2. The van der Waals surface area contributed by atoms with E-state index in [1.165, 1.54) is 13.0 Å². The molecule has 0 aliphatic rings. The molecule has 0 atom stereocenters. The van der Waals surface area contributed by atoms with Crippen molar-refractivity contribution in [3.05, 3.63) is 66.6 Å². The zero-order chi connectivity index (χ0) is 22.6. The first kappa shape index (κ1) is 22.5. The van der Waals surface area contributed by atoms with Gasteiger partial charge >= 0.3 is 0 Å². The highest BCUT2D eigenvalue weighted by molar-refractivity contribution is 5.91. The Bertz CT molecular complexity index is 1040. The predicted molar refractivity (Wildman–Crippen MR) is 124 cm³/mol. The van der Waals surface area contributed by atoms with E-state index in [-0.39, 0.29) is 11.8 Å². The number of furan rings is 1. The van der Waals surface area contributed by atoms with Crippen molar-refractivity contribution in [2.24, 2.45) is 0 Å². The molecule has 4 N–H and O–H groups in total. The van der Waals surface area contributed by atoms with Gasteiger partial charge in [0, 0.05) is 50.8 Å². The van der Waals surface area contributed by atoms with Crippen molar-refractivity contribution in [2.75, 3.05) is 36.8 Å². The second kappa shape index (κ2) is 11.9. The van der Waals surface area contributed by atoms with E-state index in [1.807, 2.05) is 30.3 Å². The highest BCUT2D eigenvalue weighted by Crippen LogP contribution is 2.19. The number of benzene rings is 1. The highest BCUT2D eigenvalue weighted by Gasteiger charge is 2.07. The fourth-order valence-electron chi connectivity index (χ4n) is 2.75. The van der Waals surface area contributed by atoms with Crippen LogP contribution in [0.2, 0.25) is 0 Å². The van der Waals surface area contributed by atoms with Gasteiger partial charge in [-0.15, -0.1) is 0 Å². The molecule has 0 bridgehead atoms. The molecule has 0 saturated carbocycles. The van der Waals surface area contributed by atoms with E-state index < -0.39 is 0 Å². The molecule has 3 rings (SSSR count). The van der Waals surface area contributed by atoms with Crippen molar-refractivity contribution in [2.45, 2.75) is 6.92 Å². The van der Waals surface area contributed by atoms with Crippen LogP contribution in [0.25, 0.3) is 17.5 Å². The number of carbonyl (C=O) groups is 2. The summed E-state index contributed by atoms with van der Waals surface area (Å²) in [7, 11) is 0. The van der Waals surface area contributed by atoms with Crippen LogP contribution in [0.1, 0.15) is 12.7 Å². The average Bonchev–Trinajstić information content (AvgIpc) is 3.32. The van der Waals surface area contributed by atoms with Gasteiger partial charge in [-0.25, -0.2) is 9.97 Å². The van der Waals surface area contributed by atoms with Crippen LogP contribution in [0.4, 0.5) is 11.6 Å². The van der Waals surface area contributed by atoms with Crippen molar-refractivity contribution in [1.82, 2.24) is 20.6 Å². The second-order valence-corrected chi connectivity index (χ2v) is 6.80. The lowest BCUT2D eigenvalue weighted by atomic mass is 10.2. The summed E-state index contributed by atoms with van der Waals surface area (Å²) in [4.78, 5) is 32.1. The average molecular weight is 435 g/mol. The van der Waals surface area contributed by atoms with Gasteiger partial charge in [-0.2, -0.15) is 0 Å². The third-order valence-electron chi connectivity index (χ3n) is 4.24. The first-order valence-corrected chi connectivity index (χ1v) is 10.3. The molecule has 0 saturated heterocycles. The molecule has 9 nitrogen and oxygen atoms in total. The van der Waals surface area contributed by atoms with E-state index in [9.17, 15) is 9.59 Å². The van der Waals surface area contributed by atoms with E-state index in [4.69, 9.17) is 4.42 Å². The second-order valence-electron chi connectivity index (χ2n) is 6.80. The topological polar surface area (TPSA) is 121 Å². The number of aromatic nitrogens is 2. The largest absolute Gasteiger partial charge is 0.465 e. The van der Waals surface area contributed by atoms with Crippen LogP contribution in [0, 0.1) is 0 Å². The van der Waals surface area contributed by atoms with Crippen molar-refractivity contribution >= 4 is 29.5 Å². The van der Waals surface area contributed by atoms with Gasteiger partial charge in [0.25, 0.3) is 0 Å². The number of carbonyl (C=O) groups excluding carboxylic acids is 2. The Balaban J connectivity index is 1.57. The van der Waals surface area contributed by atoms with Crippen LogP contribution >= 0.6 is 0 Å². The van der Waals surface area contributed by atoms with Crippen LogP contribution in [-0.2, 0) is 9.59 Å². The summed E-state index contributed by atoms with van der Waals surface area (Å²) in [6.07, 6.45) is 4.59. The number of hydrogen-bond acceptors (Lipinski definition) is 7. The first-order valence-electron chi connectivity index (χ1n) is 10.3. The molecule has 2 heterocycles. The number of hydrogen-bond donors (Lipinski definition) is 4. The summed E-state index contributed by atoms with van der Waals surface area (Å²) >= 11 is 0. The van der Waals surface area contributed by atoms with Gasteiger partial charge in [-0.05, 0) is 18.2 Å². The van der Waals surface area contributed by atoms with Gasteiger partial charge in [-0.3, -0.25) is 9.59 Å². The lowest BCUT2D eigenvalue weighted by Gasteiger charge is -2.12. The SMILES string of the molecule is CC(=O)NCCNc1cc(NCCNC(=O)C=Cc2ccco2)nc(-c2ccccc2)n1. The zero-order valence-corrected chi connectivity index (χ0v) is 17.8. The summed E-state index contributed by atoms with van der Waals surface area (Å²) in [6.45, 7) is 3.39. The van der Waals surface area contributed by atoms with E-state index in [2.05, 4.69) is 31.2 Å². The van der Waals surface area contributed by atoms with Crippen LogP contribution in [0.15, 0.2) is 65.3 Å². The molecule has 2 amide bonds. The lowest BCUT2D eigenvalue weighted by molar-refractivity contribution is -0.119. The Kier molecular flexibility index (Phi) is 8.38. The normalized spacial score (nSPS) is 10.7. The standard InChI is InChI=1S/C23H26N6O3/c1-17(30)24-11-12-25-20-16-21(29-23(28-20)18-6-3-2-4-7-18)26-13-14-27-22(31)10-9-19-8-5-15-32-19/h2-10,15-16H,11-14H2,1H3,(H,24,30)(H,27,31)(H2,25,26,28,29). The summed E-state index contributed by atoms with van der Waals surface area (Å²) in [6, 6.07) is 15.0. The molecule has 2 aromatic heterocycles. The summed E-state index contributed by atoms with van der Waals surface area (Å²) in [5.74, 6) is 2.16. The fourth-order valence-corrected chi connectivity index (χ4v) is 2.75. The minimum atomic E-state index is -0.212. The third-order valence-corrected chi connectivity index (χ3v) is 4.24. The monoisotopic (exact) mass is 434 g/mol. The Hall–Kier alpha value is -4.14. The minimum Gasteiger partial charge on any atom is -0.465 e. The Morgan fingerprint density at radius 1 is 0.906 bits per heavy atom. The highest BCUT2D eigenvalue weighted by atomic mass is 16.3. The molecule has 3 aromatic rings. The minimum absolute atomic E-state index is 0.0807. The Labute approximate surface area is 186 Å². The predicted octanol–water partition coefficient (Wildman–Crippen LogP) is 2.53. The summed E-state index contributed by atoms with van der Waals surface area (Å²) in [5, 5.41) is 11.9. The van der Waals surface area contributed by atoms with Gasteiger partial charge in [0.2, 0.25) is 11.8 Å². The van der Waals surface area contributed by atoms with Gasteiger partial charge in [-0.1, -0.05) is 30.3 Å². The molecular weight excluding hydrogens is 408 g/mol. The van der Waals surface area contributed by atoms with E-state index >= 15 is 0 Å².